The number of nitrogen functional groups attached to an aromatic ring is 1. The number of halogens is 3. The summed E-state index contributed by atoms with van der Waals surface area (Å²) in [6, 6.07) is 6.64. The molecule has 2 aromatic heterocycles. The molecule has 1 fully saturated rings. The van der Waals surface area contributed by atoms with Crippen LogP contribution in [-0.2, 0) is 16.0 Å². The highest BCUT2D eigenvalue weighted by molar-refractivity contribution is 7.91. The van der Waals surface area contributed by atoms with Crippen LogP contribution in [0.1, 0.15) is 18.4 Å². The lowest BCUT2D eigenvalue weighted by molar-refractivity contribution is -0.137. The highest BCUT2D eigenvalue weighted by atomic mass is 32.2. The fraction of sp³-hybridized carbons (Fsp3) is 0.333. The standard InChI is InChI=1S/C18H17F3N4O2S2/c19-18(20,21)11-3-1-10(2-4-11)14-9-13-15(28-14)16(25-17(22)24-13)23-12-5-7-29(26,27)8-6-12/h1-4,9,12H,5-8H2,(H3,22,23,24,25). The van der Waals surface area contributed by atoms with Gasteiger partial charge in [0.15, 0.2) is 0 Å². The molecule has 0 spiro atoms. The van der Waals surface area contributed by atoms with Crippen molar-refractivity contribution in [3.05, 3.63) is 35.9 Å². The van der Waals surface area contributed by atoms with Crippen LogP contribution in [0.25, 0.3) is 20.7 Å². The van der Waals surface area contributed by atoms with Crippen molar-refractivity contribution in [1.29, 1.82) is 0 Å². The van der Waals surface area contributed by atoms with E-state index >= 15 is 0 Å². The Labute approximate surface area is 168 Å². The van der Waals surface area contributed by atoms with E-state index < -0.39 is 21.6 Å². The van der Waals surface area contributed by atoms with Crippen LogP contribution in [0.4, 0.5) is 24.9 Å². The second kappa shape index (κ2) is 7.13. The number of thiophene rings is 1. The molecule has 3 heterocycles. The Hall–Kier alpha value is -2.40. The molecule has 0 atom stereocenters. The van der Waals surface area contributed by atoms with Gasteiger partial charge >= 0.3 is 6.18 Å². The van der Waals surface area contributed by atoms with Crippen LogP contribution in [0.3, 0.4) is 0 Å². The van der Waals surface area contributed by atoms with Gasteiger partial charge in [0.25, 0.3) is 0 Å². The normalized spacial score (nSPS) is 17.5. The molecule has 1 aliphatic rings. The number of fused-ring (bicyclic) bond motifs is 1. The topological polar surface area (TPSA) is 98.0 Å². The molecule has 0 unspecified atom stereocenters. The first-order chi connectivity index (χ1) is 13.6. The first-order valence-electron chi connectivity index (χ1n) is 8.82. The average molecular weight is 442 g/mol. The molecule has 11 heteroatoms. The Morgan fingerprint density at radius 1 is 1.10 bits per heavy atom. The first-order valence-corrected chi connectivity index (χ1v) is 11.5. The highest BCUT2D eigenvalue weighted by Gasteiger charge is 2.30. The van der Waals surface area contributed by atoms with Crippen molar-refractivity contribution in [2.45, 2.75) is 25.1 Å². The summed E-state index contributed by atoms with van der Waals surface area (Å²) in [5.41, 5.74) is 6.32. The van der Waals surface area contributed by atoms with Crippen LogP contribution in [0, 0.1) is 0 Å². The summed E-state index contributed by atoms with van der Waals surface area (Å²) in [7, 11) is -2.98. The van der Waals surface area contributed by atoms with Crippen molar-refractivity contribution >= 4 is 43.2 Å². The smallest absolute Gasteiger partial charge is 0.368 e. The molecule has 29 heavy (non-hydrogen) atoms. The van der Waals surface area contributed by atoms with E-state index in [9.17, 15) is 21.6 Å². The Bertz CT molecular complexity index is 1140. The Kier molecular flexibility index (Phi) is 4.89. The van der Waals surface area contributed by atoms with E-state index in [1.807, 2.05) is 0 Å². The lowest BCUT2D eigenvalue weighted by Crippen LogP contribution is -2.32. The minimum Gasteiger partial charge on any atom is -0.368 e. The quantitative estimate of drug-likeness (QED) is 0.638. The van der Waals surface area contributed by atoms with Crippen LogP contribution in [0.5, 0.6) is 0 Å². The Balaban J connectivity index is 1.65. The summed E-state index contributed by atoms with van der Waals surface area (Å²) in [6.07, 6.45) is -3.43. The number of hydrogen-bond acceptors (Lipinski definition) is 7. The van der Waals surface area contributed by atoms with Gasteiger partial charge in [0.05, 0.1) is 27.3 Å². The molecule has 0 amide bonds. The van der Waals surface area contributed by atoms with Crippen LogP contribution in [0.15, 0.2) is 30.3 Å². The minimum atomic E-state index is -4.39. The number of nitrogens with one attached hydrogen (secondary N) is 1. The lowest BCUT2D eigenvalue weighted by Gasteiger charge is -2.23. The molecule has 0 aliphatic carbocycles. The number of alkyl halides is 3. The SMILES string of the molecule is Nc1nc(NC2CCS(=O)(=O)CC2)c2sc(-c3ccc(C(F)(F)F)cc3)cc2n1. The van der Waals surface area contributed by atoms with Crippen molar-refractivity contribution in [1.82, 2.24) is 9.97 Å². The zero-order chi connectivity index (χ0) is 20.8. The first kappa shape index (κ1) is 19.9. The maximum absolute atomic E-state index is 12.8. The van der Waals surface area contributed by atoms with E-state index in [0.717, 1.165) is 21.7 Å². The second-order valence-corrected chi connectivity index (χ2v) is 10.3. The van der Waals surface area contributed by atoms with E-state index in [0.29, 0.717) is 29.7 Å². The van der Waals surface area contributed by atoms with Crippen LogP contribution in [0.2, 0.25) is 0 Å². The van der Waals surface area contributed by atoms with Gasteiger partial charge in [0.2, 0.25) is 5.95 Å². The maximum Gasteiger partial charge on any atom is 0.416 e. The van der Waals surface area contributed by atoms with Crippen molar-refractivity contribution in [2.75, 3.05) is 22.6 Å². The third-order valence-electron chi connectivity index (χ3n) is 4.78. The molecule has 0 bridgehead atoms. The fourth-order valence-corrected chi connectivity index (χ4v) is 5.79. The molecule has 1 aromatic carbocycles. The summed E-state index contributed by atoms with van der Waals surface area (Å²) in [6.45, 7) is 0. The zero-order valence-corrected chi connectivity index (χ0v) is 16.7. The molecule has 3 N–H and O–H groups in total. The Morgan fingerprint density at radius 3 is 2.38 bits per heavy atom. The lowest BCUT2D eigenvalue weighted by atomic mass is 10.1. The number of aromatic nitrogens is 2. The molecule has 6 nitrogen and oxygen atoms in total. The Morgan fingerprint density at radius 2 is 1.76 bits per heavy atom. The second-order valence-electron chi connectivity index (χ2n) is 6.90. The van der Waals surface area contributed by atoms with Gasteiger partial charge in [0.1, 0.15) is 15.7 Å². The molecule has 0 radical (unpaired) electrons. The minimum absolute atomic E-state index is 0.0485. The third-order valence-corrected chi connectivity index (χ3v) is 7.68. The number of benzene rings is 1. The van der Waals surface area contributed by atoms with E-state index in [1.54, 1.807) is 6.07 Å². The molecule has 0 saturated carbocycles. The predicted molar refractivity (Wildman–Crippen MR) is 108 cm³/mol. The van der Waals surface area contributed by atoms with E-state index in [-0.39, 0.29) is 23.5 Å². The van der Waals surface area contributed by atoms with E-state index in [1.165, 1.54) is 23.5 Å². The molecular weight excluding hydrogens is 425 g/mol. The van der Waals surface area contributed by atoms with Crippen molar-refractivity contribution in [3.63, 3.8) is 0 Å². The zero-order valence-electron chi connectivity index (χ0n) is 15.0. The van der Waals surface area contributed by atoms with Gasteiger partial charge in [-0.15, -0.1) is 11.3 Å². The average Bonchev–Trinajstić information content (AvgIpc) is 3.07. The summed E-state index contributed by atoms with van der Waals surface area (Å²) in [5.74, 6) is 0.825. The molecule has 1 aliphatic heterocycles. The molecule has 3 aromatic rings. The van der Waals surface area contributed by atoms with Gasteiger partial charge < -0.3 is 11.1 Å². The number of sulfone groups is 1. The summed E-state index contributed by atoms with van der Waals surface area (Å²) < 4.78 is 62.3. The molecule has 154 valence electrons. The number of nitrogens with two attached hydrogens (primary N) is 1. The molecule has 4 rings (SSSR count). The largest absolute Gasteiger partial charge is 0.416 e. The van der Waals surface area contributed by atoms with Gasteiger partial charge in [-0.3, -0.25) is 0 Å². The van der Waals surface area contributed by atoms with E-state index in [2.05, 4.69) is 15.3 Å². The number of rotatable bonds is 3. The van der Waals surface area contributed by atoms with Crippen LogP contribution < -0.4 is 11.1 Å². The number of hydrogen-bond donors (Lipinski definition) is 2. The van der Waals surface area contributed by atoms with Crippen molar-refractivity contribution in [2.24, 2.45) is 0 Å². The van der Waals surface area contributed by atoms with E-state index in [4.69, 9.17) is 5.73 Å². The van der Waals surface area contributed by atoms with Crippen LogP contribution >= 0.6 is 11.3 Å². The maximum atomic E-state index is 12.8. The van der Waals surface area contributed by atoms with Gasteiger partial charge in [-0.05, 0) is 36.6 Å². The van der Waals surface area contributed by atoms with Crippen molar-refractivity contribution < 1.29 is 21.6 Å². The monoisotopic (exact) mass is 442 g/mol. The number of nitrogens with zero attached hydrogens (tertiary/aromatic N) is 2. The summed E-state index contributed by atoms with van der Waals surface area (Å²) >= 11 is 1.34. The van der Waals surface area contributed by atoms with Crippen molar-refractivity contribution in [3.8, 4) is 10.4 Å². The van der Waals surface area contributed by atoms with Gasteiger partial charge in [-0.1, -0.05) is 12.1 Å². The third kappa shape index (κ3) is 4.30. The predicted octanol–water partition coefficient (Wildman–Crippen LogP) is 3.95. The van der Waals surface area contributed by atoms with Gasteiger partial charge in [-0.25, -0.2) is 13.4 Å². The molecule has 1 saturated heterocycles. The fourth-order valence-electron chi connectivity index (χ4n) is 3.24. The highest BCUT2D eigenvalue weighted by Crippen LogP contribution is 2.38. The van der Waals surface area contributed by atoms with Gasteiger partial charge in [0, 0.05) is 10.9 Å². The number of anilines is 2. The summed E-state index contributed by atoms with van der Waals surface area (Å²) in [5, 5.41) is 3.26. The summed E-state index contributed by atoms with van der Waals surface area (Å²) in [4.78, 5) is 9.21. The molecular formula is C18H17F3N4O2S2. The van der Waals surface area contributed by atoms with Crippen LogP contribution in [-0.4, -0.2) is 35.9 Å². The van der Waals surface area contributed by atoms with Gasteiger partial charge in [-0.2, -0.15) is 18.2 Å².